The van der Waals surface area contributed by atoms with E-state index in [1.165, 1.54) is 15.6 Å². The molecule has 0 aliphatic heterocycles. The van der Waals surface area contributed by atoms with Gasteiger partial charge in [-0.3, -0.25) is 9.59 Å². The average Bonchev–Trinajstić information content (AvgIpc) is 3.16. The van der Waals surface area contributed by atoms with Crippen LogP contribution < -0.4 is 15.6 Å². The lowest BCUT2D eigenvalue weighted by molar-refractivity contribution is 0.0947. The van der Waals surface area contributed by atoms with Crippen molar-refractivity contribution < 1.29 is 9.53 Å². The zero-order chi connectivity index (χ0) is 21.3. The van der Waals surface area contributed by atoms with Crippen LogP contribution in [0.15, 0.2) is 59.7 Å². The van der Waals surface area contributed by atoms with Crippen molar-refractivity contribution in [2.24, 2.45) is 7.05 Å². The minimum atomic E-state index is -0.401. The molecule has 8 heteroatoms. The molecule has 2 heterocycles. The summed E-state index contributed by atoms with van der Waals surface area (Å²) in [5.74, 6) is 0.343. The Morgan fingerprint density at radius 2 is 1.80 bits per heavy atom. The topological polar surface area (TPSA) is 91.0 Å². The number of hydrogen-bond donors (Lipinski definition) is 1. The van der Waals surface area contributed by atoms with Gasteiger partial charge in [-0.2, -0.15) is 5.10 Å². The van der Waals surface area contributed by atoms with E-state index in [4.69, 9.17) is 4.74 Å². The summed E-state index contributed by atoms with van der Waals surface area (Å²) in [6.07, 6.45) is 1.39. The Labute approximate surface area is 172 Å². The van der Waals surface area contributed by atoms with Gasteiger partial charge in [-0.15, -0.1) is 0 Å². The van der Waals surface area contributed by atoms with Crippen LogP contribution in [0, 0.1) is 6.92 Å². The average molecular weight is 403 g/mol. The largest absolute Gasteiger partial charge is 0.497 e. The number of fused-ring (bicyclic) bond motifs is 1. The predicted octanol–water partition coefficient (Wildman–Crippen LogP) is 2.37. The van der Waals surface area contributed by atoms with Crippen LogP contribution in [-0.2, 0) is 13.6 Å². The number of ether oxygens (including phenoxy) is 1. The van der Waals surface area contributed by atoms with Crippen molar-refractivity contribution in [3.8, 4) is 11.4 Å². The Balaban J connectivity index is 1.71. The number of carbonyl (C=O) groups excluding carboxylic acids is 1. The van der Waals surface area contributed by atoms with E-state index in [0.717, 1.165) is 16.9 Å². The fourth-order valence-corrected chi connectivity index (χ4v) is 3.12. The van der Waals surface area contributed by atoms with Crippen molar-refractivity contribution in [1.29, 1.82) is 0 Å². The third-order valence-corrected chi connectivity index (χ3v) is 4.85. The van der Waals surface area contributed by atoms with Crippen molar-refractivity contribution in [2.45, 2.75) is 13.5 Å². The van der Waals surface area contributed by atoms with Gasteiger partial charge in [-0.05, 0) is 36.8 Å². The van der Waals surface area contributed by atoms with Gasteiger partial charge in [0.2, 0.25) is 0 Å². The molecule has 152 valence electrons. The Morgan fingerprint density at radius 1 is 1.10 bits per heavy atom. The van der Waals surface area contributed by atoms with Gasteiger partial charge in [0.15, 0.2) is 11.2 Å². The molecular formula is C22H21N5O3. The molecule has 0 aliphatic carbocycles. The van der Waals surface area contributed by atoms with Crippen molar-refractivity contribution in [3.63, 3.8) is 0 Å². The predicted molar refractivity (Wildman–Crippen MR) is 113 cm³/mol. The highest BCUT2D eigenvalue weighted by atomic mass is 16.5. The summed E-state index contributed by atoms with van der Waals surface area (Å²) in [5.41, 5.74) is 3.04. The lowest BCUT2D eigenvalue weighted by Gasteiger charge is -2.05. The van der Waals surface area contributed by atoms with Gasteiger partial charge in [0.1, 0.15) is 11.3 Å². The van der Waals surface area contributed by atoms with Crippen LogP contribution in [0.1, 0.15) is 21.6 Å². The molecule has 0 radical (unpaired) electrons. The molecule has 0 atom stereocenters. The summed E-state index contributed by atoms with van der Waals surface area (Å²) in [6.45, 7) is 2.29. The molecular weight excluding hydrogens is 382 g/mol. The highest BCUT2D eigenvalue weighted by Gasteiger charge is 2.22. The molecule has 8 nitrogen and oxygen atoms in total. The van der Waals surface area contributed by atoms with E-state index in [1.54, 1.807) is 14.2 Å². The molecule has 1 amide bonds. The van der Waals surface area contributed by atoms with Crippen molar-refractivity contribution in [1.82, 2.24) is 24.6 Å². The molecule has 0 aliphatic rings. The minimum absolute atomic E-state index is 0.108. The third-order valence-electron chi connectivity index (χ3n) is 4.85. The first kappa shape index (κ1) is 19.4. The van der Waals surface area contributed by atoms with Crippen molar-refractivity contribution in [2.75, 3.05) is 7.11 Å². The number of benzene rings is 2. The normalized spacial score (nSPS) is 10.9. The molecule has 1 N–H and O–H groups in total. The van der Waals surface area contributed by atoms with Gasteiger partial charge in [0.25, 0.3) is 11.5 Å². The zero-order valence-electron chi connectivity index (χ0n) is 16.9. The van der Waals surface area contributed by atoms with Crippen LogP contribution in [0.3, 0.4) is 0 Å². The number of nitrogens with zero attached hydrogens (tertiary/aromatic N) is 4. The standard InChI is InChI=1S/C22H21N5O3/c1-14-4-8-16(9-5-14)27-20-18(24-13-26(2)22(20)29)19(25-27)21(28)23-12-15-6-10-17(30-3)11-7-15/h4-11,13H,12H2,1-3H3,(H,23,28). The van der Waals surface area contributed by atoms with Crippen LogP contribution in [0.25, 0.3) is 16.7 Å². The highest BCUT2D eigenvalue weighted by molar-refractivity contribution is 6.03. The number of amides is 1. The van der Waals surface area contributed by atoms with Crippen LogP contribution in [-0.4, -0.2) is 32.3 Å². The SMILES string of the molecule is COc1ccc(CNC(=O)c2nn(-c3ccc(C)cc3)c3c(=O)n(C)cnc23)cc1. The molecule has 0 saturated carbocycles. The van der Waals surface area contributed by atoms with Gasteiger partial charge in [-0.25, -0.2) is 9.67 Å². The Kier molecular flexibility index (Phi) is 5.05. The number of methoxy groups -OCH3 is 1. The van der Waals surface area contributed by atoms with Gasteiger partial charge < -0.3 is 14.6 Å². The minimum Gasteiger partial charge on any atom is -0.497 e. The van der Waals surface area contributed by atoms with E-state index >= 15 is 0 Å². The first-order valence-electron chi connectivity index (χ1n) is 9.40. The van der Waals surface area contributed by atoms with Crippen LogP contribution >= 0.6 is 0 Å². The molecule has 4 aromatic rings. The molecule has 4 rings (SSSR count). The molecule has 2 aromatic carbocycles. The number of aryl methyl sites for hydroxylation is 2. The van der Waals surface area contributed by atoms with Gasteiger partial charge in [0, 0.05) is 13.6 Å². The van der Waals surface area contributed by atoms with Crippen molar-refractivity contribution in [3.05, 3.63) is 82.0 Å². The number of rotatable bonds is 5. The van der Waals surface area contributed by atoms with E-state index in [9.17, 15) is 9.59 Å². The molecule has 0 spiro atoms. The fraction of sp³-hybridized carbons (Fsp3) is 0.182. The van der Waals surface area contributed by atoms with E-state index in [-0.39, 0.29) is 22.3 Å². The second-order valence-corrected chi connectivity index (χ2v) is 6.98. The molecule has 0 unspecified atom stereocenters. The molecule has 2 aromatic heterocycles. The van der Waals surface area contributed by atoms with Crippen LogP contribution in [0.5, 0.6) is 5.75 Å². The Morgan fingerprint density at radius 3 is 2.47 bits per heavy atom. The second-order valence-electron chi connectivity index (χ2n) is 6.98. The summed E-state index contributed by atoms with van der Waals surface area (Å²) in [4.78, 5) is 30.0. The lowest BCUT2D eigenvalue weighted by Crippen LogP contribution is -2.24. The molecule has 0 fully saturated rings. The Hall–Kier alpha value is -3.94. The van der Waals surface area contributed by atoms with E-state index in [1.807, 2.05) is 55.5 Å². The summed E-state index contributed by atoms with van der Waals surface area (Å²) in [7, 11) is 3.22. The summed E-state index contributed by atoms with van der Waals surface area (Å²) >= 11 is 0. The van der Waals surface area contributed by atoms with Crippen molar-refractivity contribution >= 4 is 16.9 Å². The monoisotopic (exact) mass is 403 g/mol. The summed E-state index contributed by atoms with van der Waals surface area (Å²) < 4.78 is 7.99. The molecule has 0 saturated heterocycles. The lowest BCUT2D eigenvalue weighted by atomic mass is 10.2. The summed E-state index contributed by atoms with van der Waals surface area (Å²) in [5, 5.41) is 7.29. The highest BCUT2D eigenvalue weighted by Crippen LogP contribution is 2.18. The quantitative estimate of drug-likeness (QED) is 0.552. The van der Waals surface area contributed by atoms with Gasteiger partial charge >= 0.3 is 0 Å². The van der Waals surface area contributed by atoms with Crippen LogP contribution in [0.4, 0.5) is 0 Å². The summed E-state index contributed by atoms with van der Waals surface area (Å²) in [6, 6.07) is 15.0. The maximum Gasteiger partial charge on any atom is 0.279 e. The smallest absolute Gasteiger partial charge is 0.279 e. The van der Waals surface area contributed by atoms with Crippen LogP contribution in [0.2, 0.25) is 0 Å². The first-order chi connectivity index (χ1) is 14.5. The maximum atomic E-state index is 12.9. The van der Waals surface area contributed by atoms with E-state index in [2.05, 4.69) is 15.4 Å². The zero-order valence-corrected chi connectivity index (χ0v) is 16.9. The maximum absolute atomic E-state index is 12.9. The fourth-order valence-electron chi connectivity index (χ4n) is 3.12. The number of carbonyl (C=O) groups is 1. The number of aromatic nitrogens is 4. The molecule has 30 heavy (non-hydrogen) atoms. The Bertz CT molecular complexity index is 1270. The van der Waals surface area contributed by atoms with E-state index < -0.39 is 5.91 Å². The molecule has 0 bridgehead atoms. The van der Waals surface area contributed by atoms with Gasteiger partial charge in [-0.1, -0.05) is 29.8 Å². The third kappa shape index (κ3) is 3.55. The first-order valence-corrected chi connectivity index (χ1v) is 9.40. The number of hydrogen-bond acceptors (Lipinski definition) is 5. The number of nitrogens with one attached hydrogen (secondary N) is 1. The van der Waals surface area contributed by atoms with Gasteiger partial charge in [0.05, 0.1) is 19.1 Å². The van der Waals surface area contributed by atoms with E-state index in [0.29, 0.717) is 12.2 Å². The second kappa shape index (κ2) is 7.82.